The second kappa shape index (κ2) is 8.55. The minimum atomic E-state index is 0.211. The van der Waals surface area contributed by atoms with Gasteiger partial charge in [0.05, 0.1) is 6.61 Å². The summed E-state index contributed by atoms with van der Waals surface area (Å²) in [6.07, 6.45) is 2.04. The van der Waals surface area contributed by atoms with E-state index in [-0.39, 0.29) is 23.9 Å². The lowest BCUT2D eigenvalue weighted by atomic mass is 10.1. The average molecular weight is 296 g/mol. The molecule has 0 bridgehead atoms. The summed E-state index contributed by atoms with van der Waals surface area (Å²) in [5.41, 5.74) is 2.52. The maximum absolute atomic E-state index is 9.34. The SMILES string of the molecule is CCN(C)c1ccc(C(C)NC(C)C(CO)SC)cc1. The predicted molar refractivity (Wildman–Crippen MR) is 90.8 cm³/mol. The molecule has 0 heterocycles. The van der Waals surface area contributed by atoms with Crippen LogP contribution in [-0.2, 0) is 0 Å². The van der Waals surface area contributed by atoms with Crippen LogP contribution in [-0.4, -0.2) is 42.9 Å². The molecule has 0 radical (unpaired) electrons. The molecule has 0 saturated heterocycles. The van der Waals surface area contributed by atoms with Gasteiger partial charge in [-0.25, -0.2) is 0 Å². The standard InChI is InChI=1S/C16H28N2OS/c1-6-18(4)15-9-7-14(8-10-15)12(2)17-13(3)16(11-19)20-5/h7-10,12-13,16-17,19H,6,11H2,1-5H3. The topological polar surface area (TPSA) is 35.5 Å². The summed E-state index contributed by atoms with van der Waals surface area (Å²) < 4.78 is 0. The fourth-order valence-electron chi connectivity index (χ4n) is 2.23. The maximum Gasteiger partial charge on any atom is 0.0564 e. The van der Waals surface area contributed by atoms with E-state index in [0.29, 0.717) is 0 Å². The highest BCUT2D eigenvalue weighted by atomic mass is 32.2. The van der Waals surface area contributed by atoms with Crippen molar-refractivity contribution in [3.63, 3.8) is 0 Å². The van der Waals surface area contributed by atoms with Gasteiger partial charge < -0.3 is 15.3 Å². The number of hydrogen-bond donors (Lipinski definition) is 2. The van der Waals surface area contributed by atoms with Crippen LogP contribution in [0.3, 0.4) is 0 Å². The molecule has 20 heavy (non-hydrogen) atoms. The van der Waals surface area contributed by atoms with Gasteiger partial charge in [-0.1, -0.05) is 12.1 Å². The van der Waals surface area contributed by atoms with Gasteiger partial charge in [-0.05, 0) is 44.7 Å². The van der Waals surface area contributed by atoms with Gasteiger partial charge in [-0.15, -0.1) is 0 Å². The quantitative estimate of drug-likeness (QED) is 0.773. The van der Waals surface area contributed by atoms with E-state index in [0.717, 1.165) is 6.54 Å². The first kappa shape index (κ1) is 17.3. The first-order chi connectivity index (χ1) is 9.53. The highest BCUT2D eigenvalue weighted by molar-refractivity contribution is 7.99. The number of aliphatic hydroxyl groups excluding tert-OH is 1. The fraction of sp³-hybridized carbons (Fsp3) is 0.625. The normalized spacial score (nSPS) is 15.7. The van der Waals surface area contributed by atoms with Crippen LogP contribution in [0, 0.1) is 0 Å². The van der Waals surface area contributed by atoms with Gasteiger partial charge in [0.2, 0.25) is 0 Å². The zero-order valence-electron chi connectivity index (χ0n) is 13.3. The molecule has 0 aliphatic carbocycles. The van der Waals surface area contributed by atoms with Gasteiger partial charge >= 0.3 is 0 Å². The predicted octanol–water partition coefficient (Wildman–Crippen LogP) is 2.91. The maximum atomic E-state index is 9.34. The van der Waals surface area contributed by atoms with Crippen molar-refractivity contribution in [2.24, 2.45) is 0 Å². The highest BCUT2D eigenvalue weighted by Crippen LogP contribution is 2.20. The average Bonchev–Trinajstić information content (AvgIpc) is 2.47. The van der Waals surface area contributed by atoms with Crippen molar-refractivity contribution in [3.05, 3.63) is 29.8 Å². The van der Waals surface area contributed by atoms with E-state index < -0.39 is 0 Å². The van der Waals surface area contributed by atoms with Gasteiger partial charge in [0.15, 0.2) is 0 Å². The monoisotopic (exact) mass is 296 g/mol. The van der Waals surface area contributed by atoms with Crippen molar-refractivity contribution in [1.82, 2.24) is 5.32 Å². The van der Waals surface area contributed by atoms with Crippen LogP contribution < -0.4 is 10.2 Å². The summed E-state index contributed by atoms with van der Waals surface area (Å²) in [6.45, 7) is 7.67. The van der Waals surface area contributed by atoms with Crippen LogP contribution in [0.15, 0.2) is 24.3 Å². The number of aliphatic hydroxyl groups is 1. The molecule has 0 aliphatic heterocycles. The molecule has 1 aromatic rings. The zero-order valence-corrected chi connectivity index (χ0v) is 14.1. The van der Waals surface area contributed by atoms with E-state index in [4.69, 9.17) is 0 Å². The van der Waals surface area contributed by atoms with Crippen LogP contribution in [0.5, 0.6) is 0 Å². The first-order valence-corrected chi connectivity index (χ1v) is 8.53. The molecular formula is C16H28N2OS. The van der Waals surface area contributed by atoms with E-state index in [1.54, 1.807) is 11.8 Å². The molecule has 2 N–H and O–H groups in total. The Morgan fingerprint density at radius 1 is 1.25 bits per heavy atom. The third kappa shape index (κ3) is 4.69. The van der Waals surface area contributed by atoms with Crippen LogP contribution in [0.4, 0.5) is 5.69 Å². The Morgan fingerprint density at radius 3 is 2.30 bits per heavy atom. The summed E-state index contributed by atoms with van der Waals surface area (Å²) in [5, 5.41) is 13.1. The number of nitrogens with zero attached hydrogens (tertiary/aromatic N) is 1. The lowest BCUT2D eigenvalue weighted by Crippen LogP contribution is -2.38. The molecule has 3 atom stereocenters. The van der Waals surface area contributed by atoms with E-state index >= 15 is 0 Å². The summed E-state index contributed by atoms with van der Waals surface area (Å²) in [4.78, 5) is 2.22. The van der Waals surface area contributed by atoms with Crippen LogP contribution >= 0.6 is 11.8 Å². The third-order valence-electron chi connectivity index (χ3n) is 3.86. The Hall–Kier alpha value is -0.710. The Balaban J connectivity index is 2.65. The number of thioether (sulfide) groups is 1. The minimum absolute atomic E-state index is 0.211. The largest absolute Gasteiger partial charge is 0.395 e. The van der Waals surface area contributed by atoms with E-state index in [2.05, 4.69) is 62.3 Å². The Bertz CT molecular complexity index is 379. The number of rotatable bonds is 8. The fourth-order valence-corrected chi connectivity index (χ4v) is 2.87. The zero-order chi connectivity index (χ0) is 15.1. The number of benzene rings is 1. The summed E-state index contributed by atoms with van der Waals surface area (Å²) in [7, 11) is 2.10. The van der Waals surface area contributed by atoms with Crippen molar-refractivity contribution in [3.8, 4) is 0 Å². The molecule has 0 saturated carbocycles. The molecule has 3 unspecified atom stereocenters. The Labute approximate surface area is 127 Å². The van der Waals surface area contributed by atoms with E-state index in [1.807, 2.05) is 6.26 Å². The van der Waals surface area contributed by atoms with Crippen molar-refractivity contribution >= 4 is 17.4 Å². The van der Waals surface area contributed by atoms with Gasteiger partial charge in [0, 0.05) is 36.6 Å². The molecular weight excluding hydrogens is 268 g/mol. The van der Waals surface area contributed by atoms with Gasteiger partial charge in [-0.2, -0.15) is 11.8 Å². The lowest BCUT2D eigenvalue weighted by molar-refractivity contribution is 0.272. The molecule has 4 heteroatoms. The minimum Gasteiger partial charge on any atom is -0.395 e. The molecule has 1 aromatic carbocycles. The summed E-state index contributed by atoms with van der Waals surface area (Å²) in [6, 6.07) is 9.26. The number of hydrogen-bond acceptors (Lipinski definition) is 4. The van der Waals surface area contributed by atoms with E-state index in [9.17, 15) is 5.11 Å². The molecule has 0 amide bonds. The van der Waals surface area contributed by atoms with Crippen LogP contribution in [0.25, 0.3) is 0 Å². The number of anilines is 1. The van der Waals surface area contributed by atoms with Crippen molar-refractivity contribution in [2.45, 2.75) is 38.1 Å². The van der Waals surface area contributed by atoms with E-state index in [1.165, 1.54) is 11.3 Å². The Morgan fingerprint density at radius 2 is 1.85 bits per heavy atom. The molecule has 0 aliphatic rings. The third-order valence-corrected chi connectivity index (χ3v) is 5.02. The van der Waals surface area contributed by atoms with Crippen LogP contribution in [0.1, 0.15) is 32.4 Å². The second-order valence-corrected chi connectivity index (χ2v) is 6.32. The van der Waals surface area contributed by atoms with Crippen molar-refractivity contribution in [1.29, 1.82) is 0 Å². The second-order valence-electron chi connectivity index (χ2n) is 5.24. The molecule has 0 aromatic heterocycles. The molecule has 114 valence electrons. The van der Waals surface area contributed by atoms with Crippen LogP contribution in [0.2, 0.25) is 0 Å². The smallest absolute Gasteiger partial charge is 0.0564 e. The van der Waals surface area contributed by atoms with Crippen molar-refractivity contribution in [2.75, 3.05) is 31.4 Å². The highest BCUT2D eigenvalue weighted by Gasteiger charge is 2.17. The first-order valence-electron chi connectivity index (χ1n) is 7.24. The number of nitrogens with one attached hydrogen (secondary N) is 1. The summed E-state index contributed by atoms with van der Waals surface area (Å²) >= 11 is 1.71. The van der Waals surface area contributed by atoms with Gasteiger partial charge in [-0.3, -0.25) is 0 Å². The van der Waals surface area contributed by atoms with Crippen molar-refractivity contribution < 1.29 is 5.11 Å². The molecule has 3 nitrogen and oxygen atoms in total. The van der Waals surface area contributed by atoms with Gasteiger partial charge in [0.1, 0.15) is 0 Å². The Kier molecular flexibility index (Phi) is 7.41. The summed E-state index contributed by atoms with van der Waals surface area (Å²) in [5.74, 6) is 0. The molecule has 0 fully saturated rings. The molecule has 0 spiro atoms. The molecule has 1 rings (SSSR count). The van der Waals surface area contributed by atoms with Gasteiger partial charge in [0.25, 0.3) is 0 Å². The lowest BCUT2D eigenvalue weighted by Gasteiger charge is -2.26.